The van der Waals surface area contributed by atoms with Gasteiger partial charge in [0.2, 0.25) is 0 Å². The number of nitrogens with one attached hydrogen (secondary N) is 3. The van der Waals surface area contributed by atoms with E-state index in [1.807, 2.05) is 31.2 Å². The molecule has 8 heteroatoms. The molecular weight excluding hydrogens is 354 g/mol. The van der Waals surface area contributed by atoms with E-state index in [2.05, 4.69) is 20.9 Å². The number of aliphatic imine (C=N–C) groups is 1. The first-order chi connectivity index (χ1) is 12.4. The van der Waals surface area contributed by atoms with Gasteiger partial charge in [-0.1, -0.05) is 30.7 Å². The van der Waals surface area contributed by atoms with Crippen LogP contribution in [0.2, 0.25) is 5.02 Å². The van der Waals surface area contributed by atoms with Crippen molar-refractivity contribution in [3.8, 4) is 0 Å². The highest BCUT2D eigenvalue weighted by atomic mass is 35.5. The van der Waals surface area contributed by atoms with Gasteiger partial charge in [-0.3, -0.25) is 14.7 Å². The molecule has 1 aromatic carbocycles. The Bertz CT molecular complexity index is 677. The molecule has 0 radical (unpaired) electrons. The van der Waals surface area contributed by atoms with Crippen LogP contribution in [0, 0.1) is 0 Å². The SMILES string of the molecule is CCC1(C)NC(=O)N(CCCNC(=NC)NCc2ccc(Cl)cc2)C1=O. The van der Waals surface area contributed by atoms with Crippen LogP contribution in [-0.4, -0.2) is 48.5 Å². The number of carbonyl (C=O) groups excluding carboxylic acids is 2. The number of nitrogens with zero attached hydrogens (tertiary/aromatic N) is 2. The number of halogens is 1. The van der Waals surface area contributed by atoms with Crippen molar-refractivity contribution in [1.29, 1.82) is 0 Å². The lowest BCUT2D eigenvalue weighted by molar-refractivity contribution is -0.130. The predicted octanol–water partition coefficient (Wildman–Crippen LogP) is 2.12. The van der Waals surface area contributed by atoms with Crippen molar-refractivity contribution in [3.63, 3.8) is 0 Å². The third-order valence-corrected chi connectivity index (χ3v) is 4.75. The molecule has 3 amide bonds. The fourth-order valence-corrected chi connectivity index (χ4v) is 2.77. The molecule has 1 aromatic rings. The number of carbonyl (C=O) groups is 2. The average Bonchev–Trinajstić information content (AvgIpc) is 2.85. The van der Waals surface area contributed by atoms with E-state index >= 15 is 0 Å². The lowest BCUT2D eigenvalue weighted by atomic mass is 9.99. The van der Waals surface area contributed by atoms with Crippen molar-refractivity contribution in [1.82, 2.24) is 20.9 Å². The number of urea groups is 1. The Morgan fingerprint density at radius 2 is 1.96 bits per heavy atom. The van der Waals surface area contributed by atoms with Crippen LogP contribution >= 0.6 is 11.6 Å². The van der Waals surface area contributed by atoms with Gasteiger partial charge in [0.15, 0.2) is 5.96 Å². The van der Waals surface area contributed by atoms with E-state index in [0.29, 0.717) is 43.5 Å². The molecule has 1 saturated heterocycles. The quantitative estimate of drug-likeness (QED) is 0.293. The molecule has 26 heavy (non-hydrogen) atoms. The van der Waals surface area contributed by atoms with Gasteiger partial charge >= 0.3 is 6.03 Å². The summed E-state index contributed by atoms with van der Waals surface area (Å²) < 4.78 is 0. The normalized spacial score (nSPS) is 20.3. The molecular formula is C18H26ClN5O2. The zero-order valence-electron chi connectivity index (χ0n) is 15.4. The zero-order valence-corrected chi connectivity index (χ0v) is 16.2. The second-order valence-corrected chi connectivity index (χ2v) is 6.84. The summed E-state index contributed by atoms with van der Waals surface area (Å²) in [4.78, 5) is 29.7. The molecule has 1 aliphatic rings. The summed E-state index contributed by atoms with van der Waals surface area (Å²) in [6.07, 6.45) is 1.22. The summed E-state index contributed by atoms with van der Waals surface area (Å²) in [5.41, 5.74) is 0.316. The van der Waals surface area contributed by atoms with Gasteiger partial charge < -0.3 is 16.0 Å². The Labute approximate surface area is 159 Å². The molecule has 0 aliphatic carbocycles. The summed E-state index contributed by atoms with van der Waals surface area (Å²) >= 11 is 5.87. The molecule has 3 N–H and O–H groups in total. The smallest absolute Gasteiger partial charge is 0.325 e. The number of hydrogen-bond donors (Lipinski definition) is 3. The number of guanidine groups is 1. The number of imide groups is 1. The van der Waals surface area contributed by atoms with E-state index in [1.165, 1.54) is 4.90 Å². The maximum absolute atomic E-state index is 12.3. The fraction of sp³-hybridized carbons (Fsp3) is 0.500. The molecule has 0 saturated carbocycles. The first-order valence-corrected chi connectivity index (χ1v) is 9.10. The topological polar surface area (TPSA) is 85.8 Å². The van der Waals surface area contributed by atoms with Gasteiger partial charge in [0.05, 0.1) is 0 Å². The highest BCUT2D eigenvalue weighted by Crippen LogP contribution is 2.20. The first kappa shape index (κ1) is 20.0. The van der Waals surface area contributed by atoms with Crippen molar-refractivity contribution in [2.45, 2.75) is 38.8 Å². The van der Waals surface area contributed by atoms with Crippen LogP contribution in [0.25, 0.3) is 0 Å². The van der Waals surface area contributed by atoms with Crippen molar-refractivity contribution >= 4 is 29.5 Å². The monoisotopic (exact) mass is 379 g/mol. The van der Waals surface area contributed by atoms with Crippen molar-refractivity contribution in [2.75, 3.05) is 20.1 Å². The van der Waals surface area contributed by atoms with Crippen LogP contribution in [-0.2, 0) is 11.3 Å². The number of amides is 3. The Hall–Kier alpha value is -2.28. The molecule has 1 aliphatic heterocycles. The van der Waals surface area contributed by atoms with Gasteiger partial charge in [-0.2, -0.15) is 0 Å². The fourth-order valence-electron chi connectivity index (χ4n) is 2.64. The van der Waals surface area contributed by atoms with Gasteiger partial charge in [0.1, 0.15) is 5.54 Å². The van der Waals surface area contributed by atoms with Crippen molar-refractivity contribution in [3.05, 3.63) is 34.9 Å². The van der Waals surface area contributed by atoms with Crippen LogP contribution < -0.4 is 16.0 Å². The molecule has 0 aromatic heterocycles. The lowest BCUT2D eigenvalue weighted by Crippen LogP contribution is -2.43. The van der Waals surface area contributed by atoms with Crippen LogP contribution in [0.15, 0.2) is 29.3 Å². The van der Waals surface area contributed by atoms with Crippen LogP contribution in [0.4, 0.5) is 4.79 Å². The molecule has 1 fully saturated rings. The summed E-state index contributed by atoms with van der Waals surface area (Å²) in [5.74, 6) is 0.505. The molecule has 0 bridgehead atoms. The van der Waals surface area contributed by atoms with Gasteiger partial charge in [-0.25, -0.2) is 4.79 Å². The third kappa shape index (κ3) is 4.88. The Morgan fingerprint density at radius 3 is 2.54 bits per heavy atom. The summed E-state index contributed by atoms with van der Waals surface area (Å²) in [7, 11) is 1.70. The Balaban J connectivity index is 1.73. The van der Waals surface area contributed by atoms with E-state index < -0.39 is 5.54 Å². The minimum Gasteiger partial charge on any atom is -0.356 e. The molecule has 1 unspecified atom stereocenters. The largest absolute Gasteiger partial charge is 0.356 e. The third-order valence-electron chi connectivity index (χ3n) is 4.50. The standard InChI is InChI=1S/C18H26ClN5O2/c1-4-18(2)15(25)24(17(26)23-18)11-5-10-21-16(20-3)22-12-13-6-8-14(19)9-7-13/h6-9H,4-5,10-12H2,1-3H3,(H,23,26)(H2,20,21,22). The van der Waals surface area contributed by atoms with Crippen molar-refractivity contribution in [2.24, 2.45) is 4.99 Å². The van der Waals surface area contributed by atoms with Crippen LogP contribution in [0.1, 0.15) is 32.3 Å². The molecule has 0 spiro atoms. The van der Waals surface area contributed by atoms with E-state index in [0.717, 1.165) is 5.56 Å². The van der Waals surface area contributed by atoms with Crippen molar-refractivity contribution < 1.29 is 9.59 Å². The first-order valence-electron chi connectivity index (χ1n) is 8.72. The lowest BCUT2D eigenvalue weighted by Gasteiger charge is -2.19. The second kappa shape index (κ2) is 8.89. The van der Waals surface area contributed by atoms with E-state index in [9.17, 15) is 9.59 Å². The summed E-state index contributed by atoms with van der Waals surface area (Å²) in [6, 6.07) is 7.27. The molecule has 142 valence electrons. The maximum atomic E-state index is 12.3. The second-order valence-electron chi connectivity index (χ2n) is 6.41. The molecule has 1 heterocycles. The minimum absolute atomic E-state index is 0.157. The molecule has 2 rings (SSSR count). The molecule has 7 nitrogen and oxygen atoms in total. The van der Waals surface area contributed by atoms with Gasteiger partial charge in [-0.15, -0.1) is 0 Å². The van der Waals surface area contributed by atoms with E-state index in [1.54, 1.807) is 14.0 Å². The predicted molar refractivity (Wildman–Crippen MR) is 103 cm³/mol. The number of hydrogen-bond acceptors (Lipinski definition) is 3. The van der Waals surface area contributed by atoms with E-state index in [4.69, 9.17) is 11.6 Å². The minimum atomic E-state index is -0.777. The highest BCUT2D eigenvalue weighted by Gasteiger charge is 2.45. The zero-order chi connectivity index (χ0) is 19.2. The Morgan fingerprint density at radius 1 is 1.27 bits per heavy atom. The van der Waals surface area contributed by atoms with E-state index in [-0.39, 0.29) is 11.9 Å². The van der Waals surface area contributed by atoms with Crippen LogP contribution in [0.3, 0.4) is 0 Å². The summed E-state index contributed by atoms with van der Waals surface area (Å²) in [5, 5.41) is 9.85. The highest BCUT2D eigenvalue weighted by molar-refractivity contribution is 6.30. The van der Waals surface area contributed by atoms with Crippen LogP contribution in [0.5, 0.6) is 0 Å². The average molecular weight is 380 g/mol. The molecule has 1 atom stereocenters. The maximum Gasteiger partial charge on any atom is 0.325 e. The Kier molecular flexibility index (Phi) is 6.85. The van der Waals surface area contributed by atoms with Gasteiger partial charge in [0, 0.05) is 31.7 Å². The van der Waals surface area contributed by atoms with Gasteiger partial charge in [-0.05, 0) is 37.5 Å². The van der Waals surface area contributed by atoms with Gasteiger partial charge in [0.25, 0.3) is 5.91 Å². The number of benzene rings is 1. The summed E-state index contributed by atoms with van der Waals surface area (Å²) in [6.45, 7) is 5.24. The number of rotatable bonds is 7.